The van der Waals surface area contributed by atoms with Gasteiger partial charge in [0, 0.05) is 43.4 Å². The fraction of sp³-hybridized carbons (Fsp3) is 0.303. The molecule has 0 saturated heterocycles. The molecular formula is C33H38FN7O5. The van der Waals surface area contributed by atoms with Gasteiger partial charge in [-0.1, -0.05) is 46.8 Å². The molecule has 2 aromatic carbocycles. The number of nitrogens with one attached hydrogen (secondary N) is 4. The minimum Gasteiger partial charge on any atom is -0.480 e. The number of aliphatic carboxylic acids is 1. The fourth-order valence-corrected chi connectivity index (χ4v) is 4.46. The largest absolute Gasteiger partial charge is 0.480 e. The Morgan fingerprint density at radius 3 is 2.39 bits per heavy atom. The van der Waals surface area contributed by atoms with Crippen LogP contribution in [0.5, 0.6) is 11.5 Å². The molecule has 12 nitrogen and oxygen atoms in total. The molecule has 4 aromatic rings. The predicted molar refractivity (Wildman–Crippen MR) is 172 cm³/mol. The van der Waals surface area contributed by atoms with Crippen LogP contribution < -0.4 is 26.0 Å². The van der Waals surface area contributed by atoms with Crippen molar-refractivity contribution >= 4 is 29.4 Å². The van der Waals surface area contributed by atoms with E-state index >= 15 is 4.39 Å². The van der Waals surface area contributed by atoms with Crippen LogP contribution in [0.25, 0.3) is 5.69 Å². The molecule has 0 saturated carbocycles. The topological polar surface area (TPSA) is 160 Å². The number of hydrogen-bond acceptors (Lipinski definition) is 7. The summed E-state index contributed by atoms with van der Waals surface area (Å²) >= 11 is 0. The zero-order valence-electron chi connectivity index (χ0n) is 26.5. The number of carboxylic acids is 1. The van der Waals surface area contributed by atoms with Gasteiger partial charge in [-0.2, -0.15) is 5.10 Å². The molecule has 0 bridgehead atoms. The van der Waals surface area contributed by atoms with Gasteiger partial charge in [-0.25, -0.2) is 13.9 Å². The van der Waals surface area contributed by atoms with Gasteiger partial charge >= 0.3 is 12.0 Å². The van der Waals surface area contributed by atoms with E-state index in [1.54, 1.807) is 10.7 Å². The van der Waals surface area contributed by atoms with E-state index in [4.69, 9.17) is 9.84 Å². The van der Waals surface area contributed by atoms with Crippen LogP contribution in [0.4, 0.5) is 20.7 Å². The molecule has 2 aromatic heterocycles. The first kappa shape index (κ1) is 33.6. The van der Waals surface area contributed by atoms with Crippen molar-refractivity contribution < 1.29 is 28.6 Å². The van der Waals surface area contributed by atoms with Gasteiger partial charge in [0.2, 0.25) is 0 Å². The monoisotopic (exact) mass is 631 g/mol. The lowest BCUT2D eigenvalue weighted by molar-refractivity contribution is -0.140. The molecule has 4 rings (SSSR count). The zero-order chi connectivity index (χ0) is 33.6. The van der Waals surface area contributed by atoms with Crippen LogP contribution in [-0.2, 0) is 16.8 Å². The number of nitrogens with zero attached hydrogens (tertiary/aromatic N) is 3. The SMILES string of the molecule is CNC(=O)c1cc(Oc2ccc(NC(=O)Nc3cc(C(C)(C)C)nn3-c3cccc(CN[C@H](C(=O)O)C(C)C)c3)c(F)c2)ccn1. The Balaban J connectivity index is 1.51. The van der Waals surface area contributed by atoms with Gasteiger partial charge < -0.3 is 25.8 Å². The molecule has 5 N–H and O–H groups in total. The van der Waals surface area contributed by atoms with Crippen molar-refractivity contribution in [2.75, 3.05) is 17.7 Å². The Labute approximate surface area is 266 Å². The summed E-state index contributed by atoms with van der Waals surface area (Å²) in [5, 5.41) is 25.1. The smallest absolute Gasteiger partial charge is 0.324 e. The van der Waals surface area contributed by atoms with E-state index in [9.17, 15) is 19.5 Å². The highest BCUT2D eigenvalue weighted by atomic mass is 19.1. The third-order valence-corrected chi connectivity index (χ3v) is 6.95. The van der Waals surface area contributed by atoms with Crippen LogP contribution in [0.1, 0.15) is 56.4 Å². The Kier molecular flexibility index (Phi) is 10.4. The maximum Gasteiger partial charge on any atom is 0.324 e. The molecule has 0 fully saturated rings. The summed E-state index contributed by atoms with van der Waals surface area (Å²) in [6.45, 7) is 9.97. The Bertz CT molecular complexity index is 1730. The Morgan fingerprint density at radius 1 is 1.00 bits per heavy atom. The Morgan fingerprint density at radius 2 is 1.74 bits per heavy atom. The molecule has 0 aliphatic carbocycles. The van der Waals surface area contributed by atoms with Crippen molar-refractivity contribution in [1.82, 2.24) is 25.4 Å². The number of urea groups is 1. The second-order valence-electron chi connectivity index (χ2n) is 12.0. The number of carbonyl (C=O) groups is 3. The van der Waals surface area contributed by atoms with Crippen molar-refractivity contribution in [3.8, 4) is 17.2 Å². The average molecular weight is 632 g/mol. The lowest BCUT2D eigenvalue weighted by Crippen LogP contribution is -2.40. The lowest BCUT2D eigenvalue weighted by Gasteiger charge is -2.18. The number of carboxylic acid groups (broad SMARTS) is 1. The molecule has 1 atom stereocenters. The highest BCUT2D eigenvalue weighted by molar-refractivity contribution is 5.99. The first-order chi connectivity index (χ1) is 21.7. The molecule has 46 heavy (non-hydrogen) atoms. The maximum absolute atomic E-state index is 15.0. The molecule has 0 spiro atoms. The van der Waals surface area contributed by atoms with Gasteiger partial charge in [-0.05, 0) is 41.8 Å². The first-order valence-corrected chi connectivity index (χ1v) is 14.6. The maximum atomic E-state index is 15.0. The summed E-state index contributed by atoms with van der Waals surface area (Å²) in [6, 6.07) is 14.6. The van der Waals surface area contributed by atoms with Crippen molar-refractivity contribution in [1.29, 1.82) is 0 Å². The molecule has 2 heterocycles. The Hall–Kier alpha value is -5.30. The van der Waals surface area contributed by atoms with Crippen LogP contribution in [0.3, 0.4) is 0 Å². The molecular weight excluding hydrogens is 593 g/mol. The highest BCUT2D eigenvalue weighted by Gasteiger charge is 2.23. The van der Waals surface area contributed by atoms with Crippen molar-refractivity contribution in [3.05, 3.63) is 89.6 Å². The van der Waals surface area contributed by atoms with E-state index in [0.29, 0.717) is 23.7 Å². The molecule has 242 valence electrons. The quantitative estimate of drug-likeness (QED) is 0.141. The number of amides is 3. The van der Waals surface area contributed by atoms with Gasteiger partial charge in [0.05, 0.1) is 17.1 Å². The summed E-state index contributed by atoms with van der Waals surface area (Å²) in [5.74, 6) is -1.36. The third kappa shape index (κ3) is 8.45. The average Bonchev–Trinajstić information content (AvgIpc) is 3.42. The van der Waals surface area contributed by atoms with Gasteiger partial charge in [0.25, 0.3) is 5.91 Å². The molecule has 3 amide bonds. The van der Waals surface area contributed by atoms with Crippen LogP contribution >= 0.6 is 0 Å². The summed E-state index contributed by atoms with van der Waals surface area (Å²) in [4.78, 5) is 40.5. The number of anilines is 2. The summed E-state index contributed by atoms with van der Waals surface area (Å²) < 4.78 is 22.3. The number of pyridine rings is 1. The second-order valence-corrected chi connectivity index (χ2v) is 12.0. The summed E-state index contributed by atoms with van der Waals surface area (Å²) in [6.07, 6.45) is 1.40. The minimum atomic E-state index is -0.922. The number of rotatable bonds is 11. The number of carbonyl (C=O) groups excluding carboxylic acids is 2. The van der Waals surface area contributed by atoms with Gasteiger partial charge in [-0.3, -0.25) is 19.9 Å². The molecule has 0 unspecified atom stereocenters. The number of halogens is 1. The van der Waals surface area contributed by atoms with Gasteiger partial charge in [-0.15, -0.1) is 0 Å². The standard InChI is InChI=1S/C33H38FN7O5/c1-19(2)29(31(43)44)37-18-20-8-7-9-21(14-20)41-28(17-27(40-41)33(3,4)5)39-32(45)38-25-11-10-22(15-24(25)34)46-23-12-13-36-26(16-23)30(42)35-6/h7-17,19,29,37H,18H2,1-6H3,(H,35,42)(H,43,44)(H2,38,39,45)/t29-/m0/s1. The number of aromatic nitrogens is 3. The van der Waals surface area contributed by atoms with Crippen molar-refractivity contribution in [2.24, 2.45) is 5.92 Å². The van der Waals surface area contributed by atoms with E-state index in [0.717, 1.165) is 11.6 Å². The normalized spacial score (nSPS) is 12.0. The van der Waals surface area contributed by atoms with Crippen molar-refractivity contribution in [3.63, 3.8) is 0 Å². The molecule has 0 aliphatic rings. The lowest BCUT2D eigenvalue weighted by atomic mass is 9.92. The third-order valence-electron chi connectivity index (χ3n) is 6.95. The van der Waals surface area contributed by atoms with E-state index in [2.05, 4.69) is 26.3 Å². The molecule has 0 aliphatic heterocycles. The minimum absolute atomic E-state index is 0.0843. The summed E-state index contributed by atoms with van der Waals surface area (Å²) in [7, 11) is 1.48. The zero-order valence-corrected chi connectivity index (χ0v) is 26.5. The van der Waals surface area contributed by atoms with E-state index < -0.39 is 29.8 Å². The molecule has 13 heteroatoms. The van der Waals surface area contributed by atoms with Crippen LogP contribution in [0.15, 0.2) is 66.9 Å². The number of benzene rings is 2. The van der Waals surface area contributed by atoms with Crippen LogP contribution in [-0.4, -0.2) is 50.9 Å². The first-order valence-electron chi connectivity index (χ1n) is 14.6. The van der Waals surface area contributed by atoms with Gasteiger partial charge in [0.15, 0.2) is 0 Å². The van der Waals surface area contributed by atoms with Crippen molar-refractivity contribution in [2.45, 2.75) is 52.6 Å². The summed E-state index contributed by atoms with van der Waals surface area (Å²) in [5.41, 5.74) is 1.89. The molecule has 0 radical (unpaired) electrons. The highest BCUT2D eigenvalue weighted by Crippen LogP contribution is 2.28. The number of hydrogen-bond donors (Lipinski definition) is 5. The number of ether oxygens (including phenoxy) is 1. The van der Waals surface area contributed by atoms with E-state index in [1.165, 1.54) is 37.5 Å². The van der Waals surface area contributed by atoms with E-state index in [-0.39, 0.29) is 34.2 Å². The van der Waals surface area contributed by atoms with Crippen LogP contribution in [0.2, 0.25) is 0 Å². The van der Waals surface area contributed by atoms with Gasteiger partial charge in [0.1, 0.15) is 34.9 Å². The second kappa shape index (κ2) is 14.2. The fourth-order valence-electron chi connectivity index (χ4n) is 4.46. The van der Waals surface area contributed by atoms with E-state index in [1.807, 2.05) is 58.9 Å². The van der Waals surface area contributed by atoms with Crippen LogP contribution in [0, 0.1) is 11.7 Å². The predicted octanol–water partition coefficient (Wildman–Crippen LogP) is 5.70.